The summed E-state index contributed by atoms with van der Waals surface area (Å²) in [7, 11) is 0. The van der Waals surface area contributed by atoms with Crippen LogP contribution in [0.15, 0.2) is 40.0 Å². The summed E-state index contributed by atoms with van der Waals surface area (Å²) < 4.78 is 7.32. The lowest BCUT2D eigenvalue weighted by atomic mass is 9.95. The zero-order valence-electron chi connectivity index (χ0n) is 14.8. The third kappa shape index (κ3) is 3.62. The van der Waals surface area contributed by atoms with E-state index in [-0.39, 0.29) is 5.91 Å². The number of rotatable bonds is 5. The van der Waals surface area contributed by atoms with Gasteiger partial charge in [-0.25, -0.2) is 4.98 Å². The van der Waals surface area contributed by atoms with Crippen molar-refractivity contribution in [2.45, 2.75) is 50.2 Å². The Hall–Kier alpha value is -2.28. The lowest BCUT2D eigenvalue weighted by molar-refractivity contribution is -0.113. The molecule has 1 aliphatic rings. The van der Waals surface area contributed by atoms with E-state index in [2.05, 4.69) is 27.2 Å². The van der Waals surface area contributed by atoms with Crippen LogP contribution in [0.1, 0.15) is 43.9 Å². The van der Waals surface area contributed by atoms with Crippen molar-refractivity contribution < 1.29 is 9.32 Å². The second-order valence-corrected chi connectivity index (χ2v) is 7.65. The third-order valence-electron chi connectivity index (χ3n) is 4.73. The van der Waals surface area contributed by atoms with E-state index in [9.17, 15) is 4.79 Å². The van der Waals surface area contributed by atoms with E-state index in [1.807, 2.05) is 12.1 Å². The van der Waals surface area contributed by atoms with Crippen LogP contribution in [-0.2, 0) is 4.79 Å². The molecule has 1 fully saturated rings. The lowest BCUT2D eigenvalue weighted by Gasteiger charge is -2.25. The summed E-state index contributed by atoms with van der Waals surface area (Å²) in [6, 6.07) is 10.4. The number of hydrogen-bond donors (Lipinski definition) is 1. The number of imidazole rings is 1. The van der Waals surface area contributed by atoms with Gasteiger partial charge in [0.05, 0.1) is 16.8 Å². The van der Waals surface area contributed by atoms with Crippen LogP contribution >= 0.6 is 11.8 Å². The van der Waals surface area contributed by atoms with Gasteiger partial charge in [0.1, 0.15) is 5.76 Å². The number of carbonyl (C=O) groups is 1. The highest BCUT2D eigenvalue weighted by Gasteiger charge is 2.22. The van der Waals surface area contributed by atoms with Crippen LogP contribution in [0.3, 0.4) is 0 Å². The van der Waals surface area contributed by atoms with E-state index < -0.39 is 0 Å². The Labute approximate surface area is 156 Å². The van der Waals surface area contributed by atoms with Gasteiger partial charge in [-0.1, -0.05) is 48.3 Å². The van der Waals surface area contributed by atoms with E-state index in [1.54, 1.807) is 13.0 Å². The lowest BCUT2D eigenvalue weighted by Crippen LogP contribution is -2.16. The number of hydrogen-bond acceptors (Lipinski definition) is 5. The number of thioether (sulfide) groups is 1. The molecule has 3 aromatic rings. The van der Waals surface area contributed by atoms with Crippen LogP contribution in [0.25, 0.3) is 11.0 Å². The molecule has 1 saturated carbocycles. The van der Waals surface area contributed by atoms with Crippen LogP contribution in [0, 0.1) is 6.92 Å². The van der Waals surface area contributed by atoms with Crippen molar-refractivity contribution in [3.63, 3.8) is 0 Å². The maximum atomic E-state index is 12.2. The molecule has 0 atom stereocenters. The van der Waals surface area contributed by atoms with Crippen molar-refractivity contribution in [2.24, 2.45) is 0 Å². The van der Waals surface area contributed by atoms with Gasteiger partial charge >= 0.3 is 0 Å². The molecule has 2 aromatic heterocycles. The highest BCUT2D eigenvalue weighted by molar-refractivity contribution is 7.99. The molecule has 4 rings (SSSR count). The van der Waals surface area contributed by atoms with Crippen molar-refractivity contribution in [3.8, 4) is 0 Å². The molecule has 1 aromatic carbocycles. The molecule has 6 nitrogen and oxygen atoms in total. The number of anilines is 1. The van der Waals surface area contributed by atoms with Crippen molar-refractivity contribution in [1.29, 1.82) is 0 Å². The Morgan fingerprint density at radius 2 is 2.12 bits per heavy atom. The summed E-state index contributed by atoms with van der Waals surface area (Å²) in [6.45, 7) is 1.80. The Balaban J connectivity index is 1.52. The normalized spacial score (nSPS) is 15.4. The number of nitrogens with one attached hydrogen (secondary N) is 1. The van der Waals surface area contributed by atoms with Gasteiger partial charge in [0.25, 0.3) is 0 Å². The first-order chi connectivity index (χ1) is 12.7. The predicted octanol–water partition coefficient (Wildman–Crippen LogP) is 4.57. The maximum absolute atomic E-state index is 12.2. The number of nitrogens with zero attached hydrogens (tertiary/aromatic N) is 3. The standard InChI is InChI=1S/C19H22N4O2S/c1-13-11-17(22-25-13)21-18(24)12-26-19-20-15-9-5-6-10-16(15)23(19)14-7-3-2-4-8-14/h5-6,9-11,14H,2-4,7-8,12H2,1H3,(H,21,22,24). The van der Waals surface area contributed by atoms with Crippen molar-refractivity contribution in [2.75, 3.05) is 11.1 Å². The van der Waals surface area contributed by atoms with Crippen LogP contribution in [0.2, 0.25) is 0 Å². The topological polar surface area (TPSA) is 73.0 Å². The van der Waals surface area contributed by atoms with Crippen LogP contribution < -0.4 is 5.32 Å². The minimum Gasteiger partial charge on any atom is -0.360 e. The van der Waals surface area contributed by atoms with Crippen LogP contribution in [0.4, 0.5) is 5.82 Å². The van der Waals surface area contributed by atoms with Crippen LogP contribution in [0.5, 0.6) is 0 Å². The number of benzene rings is 1. The quantitative estimate of drug-likeness (QED) is 0.666. The van der Waals surface area contributed by atoms with Gasteiger partial charge in [-0.3, -0.25) is 4.79 Å². The van der Waals surface area contributed by atoms with Crippen molar-refractivity contribution >= 4 is 34.5 Å². The first kappa shape index (κ1) is 17.1. The summed E-state index contributed by atoms with van der Waals surface area (Å²) in [5, 5.41) is 7.48. The molecular formula is C19H22N4O2S. The minimum absolute atomic E-state index is 0.106. The number of carbonyl (C=O) groups excluding carboxylic acids is 1. The molecular weight excluding hydrogens is 348 g/mol. The molecule has 7 heteroatoms. The molecule has 0 radical (unpaired) electrons. The minimum atomic E-state index is -0.106. The fourth-order valence-corrected chi connectivity index (χ4v) is 4.43. The fourth-order valence-electron chi connectivity index (χ4n) is 3.55. The molecule has 1 aliphatic carbocycles. The van der Waals surface area contributed by atoms with Gasteiger partial charge in [0.15, 0.2) is 11.0 Å². The van der Waals surface area contributed by atoms with Gasteiger partial charge in [-0.05, 0) is 31.9 Å². The molecule has 1 N–H and O–H groups in total. The largest absolute Gasteiger partial charge is 0.360 e. The molecule has 0 saturated heterocycles. The molecule has 26 heavy (non-hydrogen) atoms. The molecule has 0 spiro atoms. The summed E-state index contributed by atoms with van der Waals surface area (Å²) >= 11 is 1.48. The SMILES string of the molecule is Cc1cc(NC(=O)CSc2nc3ccccc3n2C2CCCCC2)no1. The predicted molar refractivity (Wildman–Crippen MR) is 102 cm³/mol. The molecule has 136 valence electrons. The number of aromatic nitrogens is 3. The number of para-hydroxylation sites is 2. The van der Waals surface area contributed by atoms with E-state index >= 15 is 0 Å². The second kappa shape index (κ2) is 7.53. The van der Waals surface area contributed by atoms with E-state index in [4.69, 9.17) is 9.51 Å². The van der Waals surface area contributed by atoms with Gasteiger partial charge in [-0.15, -0.1) is 0 Å². The van der Waals surface area contributed by atoms with Crippen molar-refractivity contribution in [3.05, 3.63) is 36.1 Å². The molecule has 0 unspecified atom stereocenters. The van der Waals surface area contributed by atoms with Gasteiger partial charge in [0.2, 0.25) is 5.91 Å². The molecule has 2 heterocycles. The maximum Gasteiger partial charge on any atom is 0.236 e. The Kier molecular flexibility index (Phi) is 4.97. The van der Waals surface area contributed by atoms with Crippen LogP contribution in [-0.4, -0.2) is 26.4 Å². The van der Waals surface area contributed by atoms with Gasteiger partial charge in [0, 0.05) is 12.1 Å². The zero-order chi connectivity index (χ0) is 17.9. The fraction of sp³-hybridized carbons (Fsp3) is 0.421. The van der Waals surface area contributed by atoms with E-state index in [0.29, 0.717) is 23.4 Å². The molecule has 0 bridgehead atoms. The number of fused-ring (bicyclic) bond motifs is 1. The highest BCUT2D eigenvalue weighted by Crippen LogP contribution is 2.35. The Morgan fingerprint density at radius 1 is 1.31 bits per heavy atom. The molecule has 1 amide bonds. The third-order valence-corrected chi connectivity index (χ3v) is 5.68. The highest BCUT2D eigenvalue weighted by atomic mass is 32.2. The first-order valence-corrected chi connectivity index (χ1v) is 10.0. The average molecular weight is 370 g/mol. The summed E-state index contributed by atoms with van der Waals surface area (Å²) in [4.78, 5) is 17.0. The Bertz CT molecular complexity index is 911. The first-order valence-electron chi connectivity index (χ1n) is 9.03. The molecule has 0 aliphatic heterocycles. The van der Waals surface area contributed by atoms with E-state index in [1.165, 1.54) is 43.9 Å². The number of amides is 1. The summed E-state index contributed by atoms with van der Waals surface area (Å²) in [5.74, 6) is 1.31. The van der Waals surface area contributed by atoms with Crippen molar-refractivity contribution in [1.82, 2.24) is 14.7 Å². The summed E-state index contributed by atoms with van der Waals surface area (Å²) in [5.41, 5.74) is 2.16. The average Bonchev–Trinajstić information content (AvgIpc) is 3.23. The van der Waals surface area contributed by atoms with E-state index in [0.717, 1.165) is 16.2 Å². The van der Waals surface area contributed by atoms with Gasteiger partial charge < -0.3 is 14.4 Å². The second-order valence-electron chi connectivity index (χ2n) is 6.70. The van der Waals surface area contributed by atoms with Gasteiger partial charge in [-0.2, -0.15) is 0 Å². The smallest absolute Gasteiger partial charge is 0.236 e. The zero-order valence-corrected chi connectivity index (χ0v) is 15.6. The Morgan fingerprint density at radius 3 is 2.88 bits per heavy atom. The monoisotopic (exact) mass is 370 g/mol. The summed E-state index contributed by atoms with van der Waals surface area (Å²) in [6.07, 6.45) is 6.18. The number of aryl methyl sites for hydroxylation is 1.